The molecule has 0 radical (unpaired) electrons. The van der Waals surface area contributed by atoms with E-state index < -0.39 is 23.3 Å². The van der Waals surface area contributed by atoms with Crippen LogP contribution < -0.4 is 0 Å². The minimum absolute atomic E-state index is 0.00218. The summed E-state index contributed by atoms with van der Waals surface area (Å²) in [6.45, 7) is 0. The van der Waals surface area contributed by atoms with Gasteiger partial charge in [-0.15, -0.1) is 0 Å². The van der Waals surface area contributed by atoms with Crippen LogP contribution in [-0.2, 0) is 0 Å². The first-order chi connectivity index (χ1) is 8.41. The highest BCUT2D eigenvalue weighted by molar-refractivity contribution is 9.10. The summed E-state index contributed by atoms with van der Waals surface area (Å²) < 4.78 is 13.2. The summed E-state index contributed by atoms with van der Waals surface area (Å²) in [5.41, 5.74) is -0.134. The van der Waals surface area contributed by atoms with Crippen LogP contribution in [-0.4, -0.2) is 31.5 Å². The Morgan fingerprint density at radius 3 is 2.56 bits per heavy atom. The first-order valence-electron chi connectivity index (χ1n) is 4.60. The molecule has 0 aliphatic heterocycles. The summed E-state index contributed by atoms with van der Waals surface area (Å²) >= 11 is 3.00. The predicted octanol–water partition coefficient (Wildman–Crippen LogP) is 2.09. The lowest BCUT2D eigenvalue weighted by Crippen LogP contribution is -1.95. The van der Waals surface area contributed by atoms with Crippen molar-refractivity contribution in [2.45, 2.75) is 0 Å². The number of nitrogens with zero attached hydrogens (tertiary/aromatic N) is 1. The Morgan fingerprint density at radius 1 is 1.33 bits per heavy atom. The summed E-state index contributed by atoms with van der Waals surface area (Å²) in [5, 5.41) is 33.6. The largest absolute Gasteiger partial charge is 0.504 e. The number of hydrogen-bond acceptors (Lipinski definition) is 4. The minimum Gasteiger partial charge on any atom is -0.504 e. The van der Waals surface area contributed by atoms with Crippen LogP contribution in [0.5, 0.6) is 11.5 Å². The number of H-pyrrole nitrogens is 1. The molecule has 4 N–H and O–H groups in total. The normalized spacial score (nSPS) is 10.6. The third-order valence-corrected chi connectivity index (χ3v) is 2.87. The monoisotopic (exact) mass is 316 g/mol. The maximum Gasteiger partial charge on any atom is 0.353 e. The number of rotatable bonds is 2. The van der Waals surface area contributed by atoms with Crippen molar-refractivity contribution in [2.75, 3.05) is 0 Å². The number of benzene rings is 1. The Labute approximate surface area is 108 Å². The molecule has 2 rings (SSSR count). The van der Waals surface area contributed by atoms with E-state index in [2.05, 4.69) is 26.1 Å². The molecule has 1 aromatic heterocycles. The molecule has 0 unspecified atom stereocenters. The summed E-state index contributed by atoms with van der Waals surface area (Å²) in [6, 6.07) is 2.10. The number of aromatic carboxylic acids is 1. The zero-order valence-corrected chi connectivity index (χ0v) is 10.2. The van der Waals surface area contributed by atoms with E-state index in [1.807, 2.05) is 0 Å². The van der Waals surface area contributed by atoms with Crippen LogP contribution in [0.15, 0.2) is 16.6 Å². The van der Waals surface area contributed by atoms with E-state index in [1.165, 1.54) is 0 Å². The number of aromatic hydroxyl groups is 2. The summed E-state index contributed by atoms with van der Waals surface area (Å²) in [6.07, 6.45) is 0. The van der Waals surface area contributed by atoms with Crippen molar-refractivity contribution in [3.05, 3.63) is 28.1 Å². The van der Waals surface area contributed by atoms with Gasteiger partial charge in [-0.2, -0.15) is 5.10 Å². The van der Waals surface area contributed by atoms with Gasteiger partial charge in [-0.05, 0) is 28.1 Å². The third kappa shape index (κ3) is 1.90. The lowest BCUT2D eigenvalue weighted by Gasteiger charge is -2.07. The van der Waals surface area contributed by atoms with Gasteiger partial charge in [-0.25, -0.2) is 9.18 Å². The van der Waals surface area contributed by atoms with E-state index in [4.69, 9.17) is 5.11 Å². The lowest BCUT2D eigenvalue weighted by atomic mass is 10.1. The van der Waals surface area contributed by atoms with Gasteiger partial charge in [0.25, 0.3) is 0 Å². The standard InChI is InChI=1S/C10H6BrFN2O4/c11-3-1-4(12)8(15)9(16)7(3)5-2-6(10(17)18)14-13-5/h1-2,15-16H,(H,13,14)(H,17,18). The van der Waals surface area contributed by atoms with Gasteiger partial charge < -0.3 is 15.3 Å². The van der Waals surface area contributed by atoms with Crippen LogP contribution in [0.2, 0.25) is 0 Å². The first-order valence-corrected chi connectivity index (χ1v) is 5.40. The average molecular weight is 317 g/mol. The predicted molar refractivity (Wildman–Crippen MR) is 62.0 cm³/mol. The number of aromatic nitrogens is 2. The number of phenols is 2. The van der Waals surface area contributed by atoms with Gasteiger partial charge in [0.15, 0.2) is 17.3 Å². The van der Waals surface area contributed by atoms with Crippen LogP contribution in [0.1, 0.15) is 10.5 Å². The van der Waals surface area contributed by atoms with Crippen molar-refractivity contribution in [1.29, 1.82) is 0 Å². The number of carbonyl (C=O) groups is 1. The maximum atomic E-state index is 13.1. The van der Waals surface area contributed by atoms with E-state index in [9.17, 15) is 19.4 Å². The summed E-state index contributed by atoms with van der Waals surface area (Å²) in [4.78, 5) is 10.7. The Kier molecular flexibility index (Phi) is 2.95. The van der Waals surface area contributed by atoms with Crippen LogP contribution >= 0.6 is 15.9 Å². The molecule has 0 amide bonds. The van der Waals surface area contributed by atoms with E-state index in [0.717, 1.165) is 12.1 Å². The van der Waals surface area contributed by atoms with E-state index in [-0.39, 0.29) is 21.4 Å². The Hall–Kier alpha value is -2.09. The molecule has 0 bridgehead atoms. The topological polar surface area (TPSA) is 106 Å². The number of halogens is 2. The van der Waals surface area contributed by atoms with Gasteiger partial charge in [0.2, 0.25) is 0 Å². The molecule has 0 saturated carbocycles. The van der Waals surface area contributed by atoms with E-state index in [0.29, 0.717) is 0 Å². The highest BCUT2D eigenvalue weighted by Gasteiger charge is 2.20. The summed E-state index contributed by atoms with van der Waals surface area (Å²) in [5.74, 6) is -3.87. The number of carboxylic acids is 1. The van der Waals surface area contributed by atoms with Crippen molar-refractivity contribution >= 4 is 21.9 Å². The molecule has 2 aromatic rings. The van der Waals surface area contributed by atoms with Crippen molar-refractivity contribution in [2.24, 2.45) is 0 Å². The van der Waals surface area contributed by atoms with Crippen LogP contribution in [0, 0.1) is 5.82 Å². The average Bonchev–Trinajstić information content (AvgIpc) is 2.75. The molecule has 0 spiro atoms. The Bertz CT molecular complexity index is 641. The second-order valence-electron chi connectivity index (χ2n) is 3.38. The lowest BCUT2D eigenvalue weighted by molar-refractivity contribution is 0.0690. The smallest absolute Gasteiger partial charge is 0.353 e. The second kappa shape index (κ2) is 4.30. The van der Waals surface area contributed by atoms with Gasteiger partial charge in [0, 0.05) is 4.47 Å². The van der Waals surface area contributed by atoms with Crippen LogP contribution in [0.25, 0.3) is 11.3 Å². The molecule has 0 aliphatic rings. The summed E-state index contributed by atoms with van der Waals surface area (Å²) in [7, 11) is 0. The number of nitrogens with one attached hydrogen (secondary N) is 1. The molecule has 1 aromatic carbocycles. The zero-order valence-electron chi connectivity index (χ0n) is 8.61. The molecule has 18 heavy (non-hydrogen) atoms. The van der Waals surface area contributed by atoms with Crippen molar-refractivity contribution in [3.8, 4) is 22.8 Å². The van der Waals surface area contributed by atoms with Gasteiger partial charge in [-0.1, -0.05) is 0 Å². The van der Waals surface area contributed by atoms with Crippen molar-refractivity contribution in [3.63, 3.8) is 0 Å². The van der Waals surface area contributed by atoms with E-state index >= 15 is 0 Å². The molecule has 94 valence electrons. The van der Waals surface area contributed by atoms with Crippen molar-refractivity contribution in [1.82, 2.24) is 10.2 Å². The molecule has 1 heterocycles. The fourth-order valence-corrected chi connectivity index (χ4v) is 1.99. The SMILES string of the molecule is O=C(O)c1cc(-c2c(Br)cc(F)c(O)c2O)n[nH]1. The molecular formula is C10H6BrFN2O4. The molecule has 0 fully saturated rings. The van der Waals surface area contributed by atoms with E-state index in [1.54, 1.807) is 0 Å². The van der Waals surface area contributed by atoms with Crippen molar-refractivity contribution < 1.29 is 24.5 Å². The third-order valence-electron chi connectivity index (χ3n) is 2.24. The Morgan fingerprint density at radius 2 is 2.00 bits per heavy atom. The van der Waals surface area contributed by atoms with Gasteiger partial charge in [0.1, 0.15) is 5.69 Å². The molecule has 0 saturated heterocycles. The quantitative estimate of drug-likeness (QED) is 0.635. The maximum absolute atomic E-state index is 13.1. The molecule has 0 atom stereocenters. The van der Waals surface area contributed by atoms with Gasteiger partial charge >= 0.3 is 5.97 Å². The zero-order chi connectivity index (χ0) is 13.4. The fraction of sp³-hybridized carbons (Fsp3) is 0. The van der Waals surface area contributed by atoms with Crippen LogP contribution in [0.4, 0.5) is 4.39 Å². The van der Waals surface area contributed by atoms with Gasteiger partial charge in [-0.3, -0.25) is 5.10 Å². The number of phenolic OH excluding ortho intramolecular Hbond substituents is 2. The molecule has 8 heteroatoms. The second-order valence-corrected chi connectivity index (χ2v) is 4.24. The first kappa shape index (κ1) is 12.4. The minimum atomic E-state index is -1.23. The number of hydrogen-bond donors (Lipinski definition) is 4. The fourth-order valence-electron chi connectivity index (χ4n) is 1.40. The highest BCUT2D eigenvalue weighted by atomic mass is 79.9. The number of aromatic amines is 1. The molecule has 0 aliphatic carbocycles. The molecule has 6 nitrogen and oxygen atoms in total. The van der Waals surface area contributed by atoms with Gasteiger partial charge in [0.05, 0.1) is 11.3 Å². The molecular weight excluding hydrogens is 311 g/mol. The van der Waals surface area contributed by atoms with Crippen LogP contribution in [0.3, 0.4) is 0 Å². The number of carboxylic acid groups (broad SMARTS) is 1. The Balaban J connectivity index is 2.63. The highest BCUT2D eigenvalue weighted by Crippen LogP contribution is 2.42.